The molecule has 2 aliphatic carbocycles. The summed E-state index contributed by atoms with van der Waals surface area (Å²) in [5, 5.41) is 10.4. The van der Waals surface area contributed by atoms with E-state index >= 15 is 8.78 Å². The van der Waals surface area contributed by atoms with E-state index in [1.54, 1.807) is 30.3 Å². The van der Waals surface area contributed by atoms with Gasteiger partial charge in [0.1, 0.15) is 5.69 Å². The molecule has 282 valence electrons. The summed E-state index contributed by atoms with van der Waals surface area (Å²) >= 11 is 14.3. The highest BCUT2D eigenvalue weighted by Gasteiger charge is 2.76. The van der Waals surface area contributed by atoms with Crippen molar-refractivity contribution >= 4 is 64.3 Å². The number of aryl methyl sites for hydroxylation is 1. The lowest BCUT2D eigenvalue weighted by Gasteiger charge is -2.49. The number of aromatic hydroxyl groups is 1. The number of hydrogen-bond acceptors (Lipinski definition) is 7. The van der Waals surface area contributed by atoms with E-state index in [0.29, 0.717) is 17.7 Å². The number of benzene rings is 3. The summed E-state index contributed by atoms with van der Waals surface area (Å²) in [4.78, 5) is 52.3. The number of halogens is 7. The van der Waals surface area contributed by atoms with Crippen LogP contribution in [0.3, 0.4) is 0 Å². The second-order valence-corrected chi connectivity index (χ2v) is 14.6. The van der Waals surface area contributed by atoms with Crippen molar-refractivity contribution in [2.24, 2.45) is 23.7 Å². The Morgan fingerprint density at radius 1 is 0.833 bits per heavy atom. The zero-order valence-electron chi connectivity index (χ0n) is 28.6. The van der Waals surface area contributed by atoms with Gasteiger partial charge in [-0.05, 0) is 60.6 Å². The Kier molecular flexibility index (Phi) is 9.08. The van der Waals surface area contributed by atoms with Crippen molar-refractivity contribution in [3.8, 4) is 17.2 Å². The maximum Gasteiger partial charge on any atom is 0.258 e. The SMILES string of the molecule is CCc1ccc(N2C(=O)[C@H]3[C@H](CC=C4[C@H]3C[C@@]3(Cl)C(=O)N(c5c(F)c(F)c(F)c(F)c5F)C(=O)[C@@]3(Cl)[C@H]4C=Cc3cc(OC)c(O)c(OC)c3)C2=O)cc1. The van der Waals surface area contributed by atoms with Crippen molar-refractivity contribution in [3.63, 3.8) is 0 Å². The minimum atomic E-state index is -2.68. The molecule has 6 atom stereocenters. The molecule has 3 aromatic carbocycles. The monoisotopic (exact) mass is 790 g/mol. The fourth-order valence-corrected chi connectivity index (χ4v) is 9.06. The van der Waals surface area contributed by atoms with Crippen LogP contribution in [0.1, 0.15) is 30.9 Å². The molecular weight excluding hydrogens is 762 g/mol. The van der Waals surface area contributed by atoms with Gasteiger partial charge in [0.25, 0.3) is 11.8 Å². The number of alkyl halides is 2. The van der Waals surface area contributed by atoms with Gasteiger partial charge in [0.15, 0.2) is 44.5 Å². The number of allylic oxidation sites excluding steroid dienone is 3. The molecule has 1 N–H and O–H groups in total. The standard InChI is InChI=1S/C38H29Cl2F5N2O7/c1-4-16-5-8-18(9-6-16)46-33(49)20-11-10-19-21(25(20)34(46)50)15-37(39)35(51)47(31-29(44)27(42)26(41)28(43)30(31)45)36(52)38(37,40)22(19)12-7-17-13-23(53-2)32(48)24(14-17)54-3/h5-10,12-14,20-22,25,48H,4,11,15H2,1-3H3/t20-,21+,22-,25-,37+,38-/m0/s1. The summed E-state index contributed by atoms with van der Waals surface area (Å²) in [7, 11) is 2.56. The summed E-state index contributed by atoms with van der Waals surface area (Å²) in [5.74, 6) is -21.6. The first-order chi connectivity index (χ1) is 25.6. The number of rotatable bonds is 7. The molecular formula is C38H29Cl2F5N2O7. The third-order valence-corrected chi connectivity index (χ3v) is 12.3. The van der Waals surface area contributed by atoms with E-state index in [9.17, 15) is 37.5 Å². The number of phenols is 1. The third kappa shape index (κ3) is 5.02. The van der Waals surface area contributed by atoms with Gasteiger partial charge in [-0.15, -0.1) is 23.2 Å². The molecule has 54 heavy (non-hydrogen) atoms. The Hall–Kier alpha value is -4.95. The summed E-state index contributed by atoms with van der Waals surface area (Å²) in [6.45, 7) is 1.94. The highest BCUT2D eigenvalue weighted by atomic mass is 35.5. The number of methoxy groups -OCH3 is 2. The van der Waals surface area contributed by atoms with Crippen LogP contribution in [0, 0.1) is 52.8 Å². The Morgan fingerprint density at radius 2 is 1.41 bits per heavy atom. The fraction of sp³-hybridized carbons (Fsp3) is 0.316. The molecule has 7 rings (SSSR count). The van der Waals surface area contributed by atoms with Crippen molar-refractivity contribution in [1.29, 1.82) is 0 Å². The Morgan fingerprint density at radius 3 is 1.96 bits per heavy atom. The number of imide groups is 2. The molecule has 0 radical (unpaired) electrons. The number of ether oxygens (including phenoxy) is 2. The number of nitrogens with zero attached hydrogens (tertiary/aromatic N) is 2. The summed E-state index contributed by atoms with van der Waals surface area (Å²) in [6.07, 6.45) is 4.38. The summed E-state index contributed by atoms with van der Waals surface area (Å²) < 4.78 is 84.1. The lowest BCUT2D eigenvalue weighted by Crippen LogP contribution is -2.60. The van der Waals surface area contributed by atoms with E-state index in [1.165, 1.54) is 38.5 Å². The van der Waals surface area contributed by atoms with Crippen molar-refractivity contribution in [1.82, 2.24) is 0 Å². The number of hydrogen-bond donors (Lipinski definition) is 1. The minimum Gasteiger partial charge on any atom is -0.502 e. The van der Waals surface area contributed by atoms with Gasteiger partial charge in [-0.2, -0.15) is 0 Å². The van der Waals surface area contributed by atoms with Gasteiger partial charge in [-0.3, -0.25) is 24.1 Å². The molecule has 3 aromatic rings. The molecule has 0 aromatic heterocycles. The zero-order chi connectivity index (χ0) is 39.2. The highest BCUT2D eigenvalue weighted by Crippen LogP contribution is 2.64. The van der Waals surface area contributed by atoms with E-state index in [0.717, 1.165) is 10.5 Å². The summed E-state index contributed by atoms with van der Waals surface area (Å²) in [6, 6.07) is 9.56. The van der Waals surface area contributed by atoms with Crippen molar-refractivity contribution in [3.05, 3.63) is 94.3 Å². The third-order valence-electron chi connectivity index (χ3n) is 10.9. The molecule has 2 saturated heterocycles. The molecule has 3 fully saturated rings. The van der Waals surface area contributed by atoms with Crippen LogP contribution in [-0.4, -0.2) is 52.7 Å². The average molecular weight is 792 g/mol. The number of phenolic OH excluding ortho intramolecular Hbond substituents is 1. The zero-order valence-corrected chi connectivity index (χ0v) is 30.1. The fourth-order valence-electron chi connectivity index (χ4n) is 8.17. The van der Waals surface area contributed by atoms with Crippen LogP contribution in [0.15, 0.2) is 54.1 Å². The molecule has 2 heterocycles. The van der Waals surface area contributed by atoms with Gasteiger partial charge in [0.2, 0.25) is 23.4 Å². The van der Waals surface area contributed by atoms with Crippen molar-refractivity contribution < 1.29 is 55.7 Å². The van der Waals surface area contributed by atoms with Gasteiger partial charge in [0.05, 0.1) is 31.7 Å². The summed E-state index contributed by atoms with van der Waals surface area (Å²) in [5.41, 5.74) is -0.0372. The minimum absolute atomic E-state index is 0.0123. The van der Waals surface area contributed by atoms with Crippen LogP contribution in [0.2, 0.25) is 0 Å². The first-order valence-electron chi connectivity index (χ1n) is 16.6. The molecule has 4 amide bonds. The first-order valence-corrected chi connectivity index (χ1v) is 17.4. The predicted molar refractivity (Wildman–Crippen MR) is 186 cm³/mol. The molecule has 16 heteroatoms. The molecule has 1 saturated carbocycles. The second-order valence-electron chi connectivity index (χ2n) is 13.4. The Bertz CT molecular complexity index is 2180. The molecule has 2 aliphatic heterocycles. The van der Waals surface area contributed by atoms with E-state index in [2.05, 4.69) is 0 Å². The second kappa shape index (κ2) is 13.1. The maximum atomic E-state index is 15.3. The van der Waals surface area contributed by atoms with Gasteiger partial charge in [0, 0.05) is 5.92 Å². The number of carbonyl (C=O) groups is 4. The van der Waals surface area contributed by atoms with Crippen LogP contribution in [0.4, 0.5) is 33.3 Å². The lowest BCUT2D eigenvalue weighted by atomic mass is 9.57. The average Bonchev–Trinajstić information content (AvgIpc) is 3.51. The van der Waals surface area contributed by atoms with E-state index in [1.807, 2.05) is 6.92 Å². The van der Waals surface area contributed by atoms with Crippen LogP contribution in [0.5, 0.6) is 17.2 Å². The molecule has 0 unspecified atom stereocenters. The van der Waals surface area contributed by atoms with E-state index in [4.69, 9.17) is 32.7 Å². The topological polar surface area (TPSA) is 113 Å². The number of anilines is 2. The van der Waals surface area contributed by atoms with Crippen molar-refractivity contribution in [2.75, 3.05) is 24.0 Å². The molecule has 0 spiro atoms. The van der Waals surface area contributed by atoms with Gasteiger partial charge >= 0.3 is 0 Å². The van der Waals surface area contributed by atoms with Gasteiger partial charge in [-0.25, -0.2) is 26.9 Å². The highest BCUT2D eigenvalue weighted by molar-refractivity contribution is 6.58. The number of amides is 4. The van der Waals surface area contributed by atoms with Crippen LogP contribution in [-0.2, 0) is 25.6 Å². The lowest BCUT2D eigenvalue weighted by molar-refractivity contribution is -0.125. The predicted octanol–water partition coefficient (Wildman–Crippen LogP) is 6.98. The van der Waals surface area contributed by atoms with E-state index in [-0.39, 0.29) is 34.1 Å². The van der Waals surface area contributed by atoms with Crippen LogP contribution < -0.4 is 19.3 Å². The number of fused-ring (bicyclic) bond motifs is 4. The number of carbonyl (C=O) groups excluding carboxylic acids is 4. The maximum absolute atomic E-state index is 15.3. The molecule has 0 bridgehead atoms. The molecule has 9 nitrogen and oxygen atoms in total. The van der Waals surface area contributed by atoms with Crippen molar-refractivity contribution in [2.45, 2.75) is 35.9 Å². The Labute approximate surface area is 314 Å². The quantitative estimate of drug-likeness (QED) is 0.0687. The Balaban J connectivity index is 1.40. The van der Waals surface area contributed by atoms with Gasteiger partial charge < -0.3 is 14.6 Å². The van der Waals surface area contributed by atoms with E-state index < -0.39 is 98.2 Å². The molecule has 4 aliphatic rings. The van der Waals surface area contributed by atoms with Crippen LogP contribution in [0.25, 0.3) is 6.08 Å². The van der Waals surface area contributed by atoms with Crippen LogP contribution >= 0.6 is 23.2 Å². The van der Waals surface area contributed by atoms with Gasteiger partial charge in [-0.1, -0.05) is 42.9 Å². The smallest absolute Gasteiger partial charge is 0.258 e. The normalized spacial score (nSPS) is 27.7. The largest absolute Gasteiger partial charge is 0.502 e. The first kappa shape index (κ1) is 37.4.